The fourth-order valence-electron chi connectivity index (χ4n) is 3.90. The van der Waals surface area contributed by atoms with E-state index in [9.17, 15) is 0 Å². The van der Waals surface area contributed by atoms with E-state index in [4.69, 9.17) is 4.74 Å². The molecule has 1 atom stereocenters. The van der Waals surface area contributed by atoms with Crippen molar-refractivity contribution in [3.05, 3.63) is 76.4 Å². The maximum absolute atomic E-state index is 5.30. The van der Waals surface area contributed by atoms with Crippen LogP contribution in [0.1, 0.15) is 37.0 Å². The van der Waals surface area contributed by atoms with Crippen molar-refractivity contribution in [1.29, 1.82) is 0 Å². The van der Waals surface area contributed by atoms with Gasteiger partial charge in [0.1, 0.15) is 5.75 Å². The number of rotatable bonds is 6. The smallest absolute Gasteiger partial charge is 0.118 e. The standard InChI is InChI=1S/C24H31NO/c1-18-6-5-7-21(16-18)13-15-25-14-12-19(2)20(3)24(25)17-22-8-10-23(26-4)11-9-22/h5-11,16,24H,12-15,17H2,1-4H3. The van der Waals surface area contributed by atoms with E-state index in [1.807, 2.05) is 0 Å². The molecule has 0 N–H and O–H groups in total. The van der Waals surface area contributed by atoms with Gasteiger partial charge in [-0.15, -0.1) is 0 Å². The van der Waals surface area contributed by atoms with Crippen molar-refractivity contribution in [3.8, 4) is 5.75 Å². The summed E-state index contributed by atoms with van der Waals surface area (Å²) in [6, 6.07) is 18.0. The zero-order valence-electron chi connectivity index (χ0n) is 16.6. The van der Waals surface area contributed by atoms with Crippen molar-refractivity contribution in [2.24, 2.45) is 0 Å². The van der Waals surface area contributed by atoms with E-state index >= 15 is 0 Å². The van der Waals surface area contributed by atoms with Gasteiger partial charge in [0.05, 0.1) is 7.11 Å². The maximum Gasteiger partial charge on any atom is 0.118 e. The Morgan fingerprint density at radius 1 is 1.00 bits per heavy atom. The van der Waals surface area contributed by atoms with Crippen LogP contribution in [-0.2, 0) is 12.8 Å². The highest BCUT2D eigenvalue weighted by Crippen LogP contribution is 2.27. The first-order valence-corrected chi connectivity index (χ1v) is 9.65. The summed E-state index contributed by atoms with van der Waals surface area (Å²) in [7, 11) is 1.72. The molecular weight excluding hydrogens is 318 g/mol. The third-order valence-corrected chi connectivity index (χ3v) is 5.75. The molecule has 1 heterocycles. The number of hydrogen-bond acceptors (Lipinski definition) is 2. The normalized spacial score (nSPS) is 18.2. The molecule has 1 unspecified atom stereocenters. The molecular formula is C24H31NO. The first kappa shape index (κ1) is 18.7. The molecule has 3 rings (SSSR count). The molecule has 0 amide bonds. The van der Waals surface area contributed by atoms with Gasteiger partial charge in [0.25, 0.3) is 0 Å². The summed E-state index contributed by atoms with van der Waals surface area (Å²) < 4.78 is 5.30. The lowest BCUT2D eigenvalue weighted by Gasteiger charge is -2.38. The van der Waals surface area contributed by atoms with Gasteiger partial charge in [0, 0.05) is 19.1 Å². The second-order valence-electron chi connectivity index (χ2n) is 7.56. The predicted octanol–water partition coefficient (Wildman–Crippen LogP) is 5.20. The van der Waals surface area contributed by atoms with Gasteiger partial charge in [-0.05, 0) is 63.3 Å². The predicted molar refractivity (Wildman–Crippen MR) is 110 cm³/mol. The molecule has 0 fully saturated rings. The second kappa shape index (κ2) is 8.55. The molecule has 26 heavy (non-hydrogen) atoms. The SMILES string of the molecule is COc1ccc(CC2C(C)=C(C)CCN2CCc2cccc(C)c2)cc1. The Morgan fingerprint density at radius 2 is 1.77 bits per heavy atom. The Balaban J connectivity index is 1.72. The first-order valence-electron chi connectivity index (χ1n) is 9.65. The third-order valence-electron chi connectivity index (χ3n) is 5.75. The summed E-state index contributed by atoms with van der Waals surface area (Å²) in [6.07, 6.45) is 3.38. The van der Waals surface area contributed by atoms with Crippen LogP contribution in [0.15, 0.2) is 59.7 Å². The molecule has 2 heteroatoms. The van der Waals surface area contributed by atoms with Crippen LogP contribution in [0.5, 0.6) is 5.75 Å². The average molecular weight is 350 g/mol. The van der Waals surface area contributed by atoms with Crippen molar-refractivity contribution in [3.63, 3.8) is 0 Å². The lowest BCUT2D eigenvalue weighted by Crippen LogP contribution is -2.43. The van der Waals surface area contributed by atoms with Gasteiger partial charge in [0.2, 0.25) is 0 Å². The van der Waals surface area contributed by atoms with Crippen LogP contribution >= 0.6 is 0 Å². The minimum absolute atomic E-state index is 0.502. The van der Waals surface area contributed by atoms with Gasteiger partial charge in [-0.3, -0.25) is 4.90 Å². The molecule has 1 aliphatic rings. The number of methoxy groups -OCH3 is 1. The van der Waals surface area contributed by atoms with Crippen LogP contribution in [0.4, 0.5) is 0 Å². The van der Waals surface area contributed by atoms with Crippen molar-refractivity contribution in [2.75, 3.05) is 20.2 Å². The van der Waals surface area contributed by atoms with Gasteiger partial charge in [0.15, 0.2) is 0 Å². The maximum atomic E-state index is 5.30. The monoisotopic (exact) mass is 349 g/mol. The van der Waals surface area contributed by atoms with E-state index in [0.717, 1.165) is 31.7 Å². The van der Waals surface area contributed by atoms with Gasteiger partial charge < -0.3 is 4.74 Å². The Hall–Kier alpha value is -2.06. The van der Waals surface area contributed by atoms with Gasteiger partial charge in [-0.2, -0.15) is 0 Å². The number of hydrogen-bond donors (Lipinski definition) is 0. The third kappa shape index (κ3) is 4.56. The van der Waals surface area contributed by atoms with Crippen LogP contribution < -0.4 is 4.74 Å². The summed E-state index contributed by atoms with van der Waals surface area (Å²) in [4.78, 5) is 2.68. The molecule has 2 aromatic rings. The minimum atomic E-state index is 0.502. The van der Waals surface area contributed by atoms with Crippen LogP contribution in [0.3, 0.4) is 0 Å². The number of ether oxygens (including phenoxy) is 1. The van der Waals surface area contributed by atoms with E-state index in [1.54, 1.807) is 18.3 Å². The second-order valence-corrected chi connectivity index (χ2v) is 7.56. The zero-order valence-corrected chi connectivity index (χ0v) is 16.6. The Kier molecular flexibility index (Phi) is 6.16. The van der Waals surface area contributed by atoms with E-state index in [1.165, 1.54) is 23.1 Å². The molecule has 1 aliphatic heterocycles. The fraction of sp³-hybridized carbons (Fsp3) is 0.417. The first-order chi connectivity index (χ1) is 12.6. The summed E-state index contributed by atoms with van der Waals surface area (Å²) >= 11 is 0. The van der Waals surface area contributed by atoms with Crippen molar-refractivity contribution >= 4 is 0 Å². The van der Waals surface area contributed by atoms with Gasteiger partial charge >= 0.3 is 0 Å². The molecule has 0 saturated heterocycles. The van der Waals surface area contributed by atoms with E-state index < -0.39 is 0 Å². The molecule has 0 radical (unpaired) electrons. The highest BCUT2D eigenvalue weighted by molar-refractivity contribution is 5.30. The molecule has 0 aromatic heterocycles. The Labute approximate surface area is 158 Å². The van der Waals surface area contributed by atoms with Crippen LogP contribution in [0.2, 0.25) is 0 Å². The molecule has 138 valence electrons. The Bertz CT molecular complexity index is 760. The molecule has 2 nitrogen and oxygen atoms in total. The van der Waals surface area contributed by atoms with Crippen LogP contribution in [-0.4, -0.2) is 31.1 Å². The lowest BCUT2D eigenvalue weighted by molar-refractivity contribution is 0.209. The summed E-state index contributed by atoms with van der Waals surface area (Å²) in [5.41, 5.74) is 7.29. The quantitative estimate of drug-likeness (QED) is 0.665. The average Bonchev–Trinajstić information content (AvgIpc) is 2.65. The highest BCUT2D eigenvalue weighted by Gasteiger charge is 2.25. The summed E-state index contributed by atoms with van der Waals surface area (Å²) in [6.45, 7) is 9.08. The minimum Gasteiger partial charge on any atom is -0.497 e. The van der Waals surface area contributed by atoms with Crippen LogP contribution in [0, 0.1) is 6.92 Å². The lowest BCUT2D eigenvalue weighted by atomic mass is 9.90. The van der Waals surface area contributed by atoms with Gasteiger partial charge in [-0.1, -0.05) is 53.1 Å². The fourth-order valence-corrected chi connectivity index (χ4v) is 3.90. The van der Waals surface area contributed by atoms with E-state index in [-0.39, 0.29) is 0 Å². The van der Waals surface area contributed by atoms with Crippen molar-refractivity contribution in [2.45, 2.75) is 46.1 Å². The topological polar surface area (TPSA) is 12.5 Å². The van der Waals surface area contributed by atoms with Crippen LogP contribution in [0.25, 0.3) is 0 Å². The van der Waals surface area contributed by atoms with Crippen molar-refractivity contribution < 1.29 is 4.74 Å². The van der Waals surface area contributed by atoms with E-state index in [0.29, 0.717) is 6.04 Å². The zero-order chi connectivity index (χ0) is 18.5. The Morgan fingerprint density at radius 3 is 2.46 bits per heavy atom. The largest absolute Gasteiger partial charge is 0.497 e. The number of nitrogens with zero attached hydrogens (tertiary/aromatic N) is 1. The molecule has 2 aromatic carbocycles. The number of benzene rings is 2. The highest BCUT2D eigenvalue weighted by atomic mass is 16.5. The number of aryl methyl sites for hydroxylation is 1. The molecule has 0 saturated carbocycles. The van der Waals surface area contributed by atoms with Crippen molar-refractivity contribution in [1.82, 2.24) is 4.90 Å². The molecule has 0 aliphatic carbocycles. The van der Waals surface area contributed by atoms with Gasteiger partial charge in [-0.25, -0.2) is 0 Å². The molecule has 0 bridgehead atoms. The summed E-state index contributed by atoms with van der Waals surface area (Å²) in [5, 5.41) is 0. The van der Waals surface area contributed by atoms with E-state index in [2.05, 4.69) is 74.2 Å². The summed E-state index contributed by atoms with van der Waals surface area (Å²) in [5.74, 6) is 0.928. The molecule has 0 spiro atoms.